The summed E-state index contributed by atoms with van der Waals surface area (Å²) in [5, 5.41) is 17.9. The van der Waals surface area contributed by atoms with Crippen LogP contribution in [0.5, 0.6) is 0 Å². The van der Waals surface area contributed by atoms with Crippen molar-refractivity contribution < 1.29 is 9.53 Å². The van der Waals surface area contributed by atoms with E-state index in [9.17, 15) is 4.79 Å². The van der Waals surface area contributed by atoms with Crippen LogP contribution in [0.1, 0.15) is 58.1 Å². The molecule has 0 saturated heterocycles. The molecule has 0 fully saturated rings. The molecule has 0 aromatic carbocycles. The Hall–Kier alpha value is -1.59. The molecule has 1 aliphatic rings. The number of halogens is 1. The minimum Gasteiger partial charge on any atom is -0.444 e. The lowest BCUT2D eigenvalue weighted by Crippen LogP contribution is -2.39. The molecular formula is C18H34IN7O2. The molecule has 0 spiro atoms. The van der Waals surface area contributed by atoms with Gasteiger partial charge in [-0.15, -0.1) is 34.2 Å². The molecule has 1 aromatic rings. The number of carbonyl (C=O) groups is 1. The number of hydrogen-bond acceptors (Lipinski definition) is 5. The fraction of sp³-hybridized carbons (Fsp3) is 0.778. The molecule has 28 heavy (non-hydrogen) atoms. The van der Waals surface area contributed by atoms with Gasteiger partial charge in [0.15, 0.2) is 11.8 Å². The topological polar surface area (TPSA) is 105 Å². The van der Waals surface area contributed by atoms with Crippen LogP contribution in [0.3, 0.4) is 0 Å². The number of nitrogens with one attached hydrogen (secondary N) is 3. The Labute approximate surface area is 184 Å². The average molecular weight is 507 g/mol. The fourth-order valence-electron chi connectivity index (χ4n) is 2.86. The van der Waals surface area contributed by atoms with E-state index in [0.29, 0.717) is 25.6 Å². The second-order valence-electron chi connectivity index (χ2n) is 7.63. The average Bonchev–Trinajstić information content (AvgIpc) is 2.82. The van der Waals surface area contributed by atoms with Crippen molar-refractivity contribution in [2.45, 2.75) is 71.6 Å². The van der Waals surface area contributed by atoms with Crippen molar-refractivity contribution >= 4 is 36.0 Å². The molecule has 10 heteroatoms. The summed E-state index contributed by atoms with van der Waals surface area (Å²) in [6.07, 6.45) is 4.99. The van der Waals surface area contributed by atoms with E-state index in [2.05, 4.69) is 35.7 Å². The second kappa shape index (κ2) is 12.1. The third kappa shape index (κ3) is 8.61. The van der Waals surface area contributed by atoms with E-state index >= 15 is 0 Å². The number of aliphatic imine (C=N–C) groups is 1. The Morgan fingerprint density at radius 2 is 1.89 bits per heavy atom. The van der Waals surface area contributed by atoms with Crippen LogP contribution >= 0.6 is 24.0 Å². The highest BCUT2D eigenvalue weighted by Crippen LogP contribution is 2.14. The van der Waals surface area contributed by atoms with Crippen LogP contribution in [0.4, 0.5) is 4.79 Å². The SMILES string of the molecule is CN=C(NCCCNC(=O)OC(C)(C)C)NCc1nnc2n1CCCCC2.I. The number of aromatic nitrogens is 3. The highest BCUT2D eigenvalue weighted by Gasteiger charge is 2.16. The number of aryl methyl sites for hydroxylation is 1. The number of guanidine groups is 1. The molecule has 0 atom stereocenters. The van der Waals surface area contributed by atoms with Gasteiger partial charge in [-0.05, 0) is 40.0 Å². The Bertz CT molecular complexity index is 640. The first-order chi connectivity index (χ1) is 12.9. The largest absolute Gasteiger partial charge is 0.444 e. The fourth-order valence-corrected chi connectivity index (χ4v) is 2.86. The maximum absolute atomic E-state index is 11.6. The number of ether oxygens (including phenoxy) is 1. The molecule has 0 aliphatic carbocycles. The predicted octanol–water partition coefficient (Wildman–Crippen LogP) is 2.20. The lowest BCUT2D eigenvalue weighted by Gasteiger charge is -2.19. The molecule has 3 N–H and O–H groups in total. The van der Waals surface area contributed by atoms with Crippen LogP contribution in [0.25, 0.3) is 0 Å². The van der Waals surface area contributed by atoms with Gasteiger partial charge in [0.2, 0.25) is 0 Å². The van der Waals surface area contributed by atoms with Crippen LogP contribution in [-0.2, 0) is 24.2 Å². The maximum atomic E-state index is 11.6. The van der Waals surface area contributed by atoms with Crippen LogP contribution in [0.2, 0.25) is 0 Å². The third-order valence-corrected chi connectivity index (χ3v) is 4.14. The Kier molecular flexibility index (Phi) is 10.5. The normalized spacial score (nSPS) is 14.4. The standard InChI is InChI=1S/C18H33N7O2.HI/c1-18(2,3)27-17(26)21-11-8-10-20-16(19-4)22-13-15-24-23-14-9-6-5-7-12-25(14)15;/h5-13H2,1-4H3,(H,21,26)(H2,19,20,22);1H. The van der Waals surface area contributed by atoms with Crippen molar-refractivity contribution in [2.24, 2.45) is 4.99 Å². The lowest BCUT2D eigenvalue weighted by atomic mass is 10.2. The van der Waals surface area contributed by atoms with Crippen LogP contribution in [0.15, 0.2) is 4.99 Å². The van der Waals surface area contributed by atoms with E-state index in [1.807, 2.05) is 20.8 Å². The lowest BCUT2D eigenvalue weighted by molar-refractivity contribution is 0.0527. The third-order valence-electron chi connectivity index (χ3n) is 4.14. The van der Waals surface area contributed by atoms with Gasteiger partial charge in [0, 0.05) is 33.1 Å². The van der Waals surface area contributed by atoms with E-state index in [1.165, 1.54) is 19.3 Å². The summed E-state index contributed by atoms with van der Waals surface area (Å²) in [7, 11) is 1.73. The number of fused-ring (bicyclic) bond motifs is 1. The van der Waals surface area contributed by atoms with E-state index in [0.717, 1.165) is 31.0 Å². The van der Waals surface area contributed by atoms with Gasteiger partial charge in [-0.1, -0.05) is 6.42 Å². The van der Waals surface area contributed by atoms with Gasteiger partial charge < -0.3 is 25.3 Å². The zero-order chi connectivity index (χ0) is 19.7. The minimum atomic E-state index is -0.478. The first-order valence-electron chi connectivity index (χ1n) is 9.71. The van der Waals surface area contributed by atoms with E-state index in [-0.39, 0.29) is 24.0 Å². The molecule has 0 saturated carbocycles. The van der Waals surface area contributed by atoms with E-state index < -0.39 is 11.7 Å². The van der Waals surface area contributed by atoms with Crippen molar-refractivity contribution in [1.82, 2.24) is 30.7 Å². The molecule has 9 nitrogen and oxygen atoms in total. The number of hydrogen-bond donors (Lipinski definition) is 3. The van der Waals surface area contributed by atoms with E-state index in [1.54, 1.807) is 7.05 Å². The highest BCUT2D eigenvalue weighted by atomic mass is 127. The van der Waals surface area contributed by atoms with Crippen LogP contribution in [-0.4, -0.2) is 52.6 Å². The number of carbonyl (C=O) groups excluding carboxylic acids is 1. The first kappa shape index (κ1) is 24.4. The smallest absolute Gasteiger partial charge is 0.407 e. The van der Waals surface area contributed by atoms with Crippen molar-refractivity contribution in [1.29, 1.82) is 0 Å². The molecule has 1 amide bonds. The van der Waals surface area contributed by atoms with Gasteiger partial charge >= 0.3 is 6.09 Å². The number of rotatable bonds is 6. The molecule has 0 bridgehead atoms. The number of amides is 1. The monoisotopic (exact) mass is 507 g/mol. The minimum absolute atomic E-state index is 0. The summed E-state index contributed by atoms with van der Waals surface area (Å²) in [5.41, 5.74) is -0.478. The summed E-state index contributed by atoms with van der Waals surface area (Å²) in [6, 6.07) is 0. The summed E-state index contributed by atoms with van der Waals surface area (Å²) >= 11 is 0. The van der Waals surface area contributed by atoms with Crippen molar-refractivity contribution in [3.05, 3.63) is 11.6 Å². The van der Waals surface area contributed by atoms with Crippen molar-refractivity contribution in [3.8, 4) is 0 Å². The quantitative estimate of drug-likeness (QED) is 0.236. The summed E-state index contributed by atoms with van der Waals surface area (Å²) in [6.45, 7) is 8.34. The molecule has 0 radical (unpaired) electrons. The zero-order valence-corrected chi connectivity index (χ0v) is 19.7. The maximum Gasteiger partial charge on any atom is 0.407 e. The van der Waals surface area contributed by atoms with Gasteiger partial charge in [0.1, 0.15) is 11.4 Å². The van der Waals surface area contributed by atoms with Gasteiger partial charge in [-0.2, -0.15) is 0 Å². The molecule has 0 unspecified atom stereocenters. The Morgan fingerprint density at radius 3 is 2.61 bits per heavy atom. The first-order valence-corrected chi connectivity index (χ1v) is 9.71. The second-order valence-corrected chi connectivity index (χ2v) is 7.63. The van der Waals surface area contributed by atoms with Crippen LogP contribution in [0, 0.1) is 0 Å². The summed E-state index contributed by atoms with van der Waals surface area (Å²) < 4.78 is 7.42. The molecule has 2 heterocycles. The number of nitrogens with zero attached hydrogens (tertiary/aromatic N) is 4. The number of alkyl carbamates (subject to hydrolysis) is 1. The van der Waals surface area contributed by atoms with Gasteiger partial charge in [0.05, 0.1) is 6.54 Å². The predicted molar refractivity (Wildman–Crippen MR) is 120 cm³/mol. The van der Waals surface area contributed by atoms with Crippen molar-refractivity contribution in [2.75, 3.05) is 20.1 Å². The molecule has 1 aliphatic heterocycles. The highest BCUT2D eigenvalue weighted by molar-refractivity contribution is 14.0. The van der Waals surface area contributed by atoms with Gasteiger partial charge in [-0.3, -0.25) is 4.99 Å². The van der Waals surface area contributed by atoms with Gasteiger partial charge in [-0.25, -0.2) is 4.79 Å². The van der Waals surface area contributed by atoms with E-state index in [4.69, 9.17) is 4.74 Å². The zero-order valence-electron chi connectivity index (χ0n) is 17.4. The molecule has 2 rings (SSSR count). The molecular weight excluding hydrogens is 473 g/mol. The van der Waals surface area contributed by atoms with Crippen molar-refractivity contribution in [3.63, 3.8) is 0 Å². The Balaban J connectivity index is 0.00000392. The summed E-state index contributed by atoms with van der Waals surface area (Å²) in [5.74, 6) is 2.74. The van der Waals surface area contributed by atoms with Crippen LogP contribution < -0.4 is 16.0 Å². The van der Waals surface area contributed by atoms with Gasteiger partial charge in [0.25, 0.3) is 0 Å². The molecule has 160 valence electrons. The molecule has 1 aromatic heterocycles. The summed E-state index contributed by atoms with van der Waals surface area (Å²) in [4.78, 5) is 15.8. The Morgan fingerprint density at radius 1 is 1.14 bits per heavy atom.